The molecular weight excluding hydrogens is 234 g/mol. The Balaban J connectivity index is 2.16. The molecule has 0 saturated heterocycles. The van der Waals surface area contributed by atoms with Crippen LogP contribution in [0.3, 0.4) is 0 Å². The molecule has 2 N–H and O–H groups in total. The van der Waals surface area contributed by atoms with Crippen molar-refractivity contribution in [2.75, 3.05) is 5.73 Å². The van der Waals surface area contributed by atoms with Crippen molar-refractivity contribution in [3.63, 3.8) is 0 Å². The topological polar surface area (TPSA) is 61.0 Å². The number of ether oxygens (including phenoxy) is 1. The number of nitrogens with two attached hydrogens (primary N) is 1. The highest BCUT2D eigenvalue weighted by atomic mass is 32.1. The van der Waals surface area contributed by atoms with Crippen molar-refractivity contribution in [3.05, 3.63) is 29.6 Å². The Bertz CT molecular complexity index is 522. The monoisotopic (exact) mass is 249 g/mol. The quantitative estimate of drug-likeness (QED) is 0.847. The zero-order valence-electron chi connectivity index (χ0n) is 10.1. The Morgan fingerprint density at radius 2 is 2.12 bits per heavy atom. The molecule has 1 aromatic carbocycles. The number of aryl methyl sites for hydroxylation is 1. The summed E-state index contributed by atoms with van der Waals surface area (Å²) in [6.45, 7) is 6.06. The molecule has 0 unspecified atom stereocenters. The van der Waals surface area contributed by atoms with Gasteiger partial charge in [0.15, 0.2) is 0 Å². The van der Waals surface area contributed by atoms with Gasteiger partial charge in [-0.1, -0.05) is 13.8 Å². The van der Waals surface area contributed by atoms with Crippen molar-refractivity contribution < 1.29 is 4.74 Å². The van der Waals surface area contributed by atoms with Crippen LogP contribution in [-0.2, 0) is 0 Å². The minimum Gasteiger partial charge on any atom is -0.430 e. The van der Waals surface area contributed by atoms with Crippen LogP contribution in [0.1, 0.15) is 31.2 Å². The SMILES string of the molecule is Cc1cc(Oc2nc(C(C)C)ns2)ccc1N. The van der Waals surface area contributed by atoms with Gasteiger partial charge in [-0.2, -0.15) is 9.36 Å². The van der Waals surface area contributed by atoms with E-state index in [9.17, 15) is 0 Å². The second-order valence-corrected chi connectivity index (χ2v) is 4.91. The van der Waals surface area contributed by atoms with E-state index in [1.54, 1.807) is 0 Å². The third-order valence-corrected chi connectivity index (χ3v) is 3.00. The summed E-state index contributed by atoms with van der Waals surface area (Å²) in [5.41, 5.74) is 7.50. The standard InChI is InChI=1S/C12H15N3OS/c1-7(2)11-14-12(17-15-11)16-9-4-5-10(13)8(3)6-9/h4-7H,13H2,1-3H3. The molecule has 0 radical (unpaired) electrons. The summed E-state index contributed by atoms with van der Waals surface area (Å²) < 4.78 is 9.87. The van der Waals surface area contributed by atoms with Crippen LogP contribution in [0.2, 0.25) is 0 Å². The van der Waals surface area contributed by atoms with E-state index in [4.69, 9.17) is 10.5 Å². The predicted molar refractivity (Wildman–Crippen MR) is 69.7 cm³/mol. The second kappa shape index (κ2) is 4.71. The van der Waals surface area contributed by atoms with Crippen molar-refractivity contribution >= 4 is 17.2 Å². The largest absolute Gasteiger partial charge is 0.430 e. The lowest BCUT2D eigenvalue weighted by Crippen LogP contribution is -1.92. The first kappa shape index (κ1) is 11.9. The average molecular weight is 249 g/mol. The molecule has 1 heterocycles. The van der Waals surface area contributed by atoms with E-state index < -0.39 is 0 Å². The summed E-state index contributed by atoms with van der Waals surface area (Å²) in [7, 11) is 0. The van der Waals surface area contributed by atoms with Gasteiger partial charge in [-0.05, 0) is 30.7 Å². The van der Waals surface area contributed by atoms with E-state index >= 15 is 0 Å². The van der Waals surface area contributed by atoms with Crippen molar-refractivity contribution in [1.82, 2.24) is 9.36 Å². The van der Waals surface area contributed by atoms with E-state index in [0.717, 1.165) is 22.8 Å². The molecule has 0 fully saturated rings. The van der Waals surface area contributed by atoms with Gasteiger partial charge in [0.1, 0.15) is 11.6 Å². The van der Waals surface area contributed by atoms with Gasteiger partial charge in [0.25, 0.3) is 5.19 Å². The molecule has 0 saturated carbocycles. The number of nitrogens with zero attached hydrogens (tertiary/aromatic N) is 2. The van der Waals surface area contributed by atoms with Gasteiger partial charge in [0.05, 0.1) is 0 Å². The van der Waals surface area contributed by atoms with Gasteiger partial charge in [-0.25, -0.2) is 0 Å². The molecule has 0 spiro atoms. The summed E-state index contributed by atoms with van der Waals surface area (Å²) in [6.07, 6.45) is 0. The average Bonchev–Trinajstić information content (AvgIpc) is 2.72. The molecule has 90 valence electrons. The van der Waals surface area contributed by atoms with E-state index in [2.05, 4.69) is 23.2 Å². The fourth-order valence-corrected chi connectivity index (χ4v) is 2.00. The van der Waals surface area contributed by atoms with Gasteiger partial charge < -0.3 is 10.5 Å². The van der Waals surface area contributed by atoms with Crippen LogP contribution < -0.4 is 10.5 Å². The lowest BCUT2D eigenvalue weighted by atomic mass is 10.2. The normalized spacial score (nSPS) is 10.8. The molecule has 4 nitrogen and oxygen atoms in total. The number of hydrogen-bond acceptors (Lipinski definition) is 5. The number of anilines is 1. The highest BCUT2D eigenvalue weighted by Gasteiger charge is 2.09. The van der Waals surface area contributed by atoms with Crippen LogP contribution in [-0.4, -0.2) is 9.36 Å². The van der Waals surface area contributed by atoms with Crippen LogP contribution in [0.4, 0.5) is 5.69 Å². The van der Waals surface area contributed by atoms with Crippen LogP contribution in [0, 0.1) is 6.92 Å². The first-order valence-electron chi connectivity index (χ1n) is 5.44. The number of benzene rings is 1. The highest BCUT2D eigenvalue weighted by Crippen LogP contribution is 2.27. The minimum absolute atomic E-state index is 0.316. The number of rotatable bonds is 3. The third kappa shape index (κ3) is 2.74. The summed E-state index contributed by atoms with van der Waals surface area (Å²) in [6, 6.07) is 5.56. The predicted octanol–water partition coefficient (Wildman–Crippen LogP) is 3.34. The third-order valence-electron chi connectivity index (χ3n) is 2.39. The van der Waals surface area contributed by atoms with Crippen molar-refractivity contribution in [2.24, 2.45) is 0 Å². The minimum atomic E-state index is 0.316. The maximum atomic E-state index is 5.75. The van der Waals surface area contributed by atoms with Crippen LogP contribution in [0.25, 0.3) is 0 Å². The molecule has 2 rings (SSSR count). The lowest BCUT2D eigenvalue weighted by Gasteiger charge is -2.04. The first-order valence-corrected chi connectivity index (χ1v) is 6.21. The fraction of sp³-hybridized carbons (Fsp3) is 0.333. The summed E-state index contributed by atoms with van der Waals surface area (Å²) in [5.74, 6) is 1.87. The molecule has 0 aliphatic heterocycles. The molecule has 5 heteroatoms. The van der Waals surface area contributed by atoms with E-state index in [-0.39, 0.29) is 0 Å². The van der Waals surface area contributed by atoms with Crippen molar-refractivity contribution in [3.8, 4) is 10.9 Å². The molecule has 0 amide bonds. The molecular formula is C12H15N3OS. The van der Waals surface area contributed by atoms with Gasteiger partial charge >= 0.3 is 0 Å². The van der Waals surface area contributed by atoms with Gasteiger partial charge in [0, 0.05) is 23.1 Å². The molecule has 0 aliphatic carbocycles. The maximum Gasteiger partial charge on any atom is 0.298 e. The molecule has 2 aromatic rings. The number of hydrogen-bond donors (Lipinski definition) is 1. The van der Waals surface area contributed by atoms with Gasteiger partial charge in [-0.15, -0.1) is 0 Å². The first-order chi connectivity index (χ1) is 8.06. The Hall–Kier alpha value is -1.62. The summed E-state index contributed by atoms with van der Waals surface area (Å²) in [4.78, 5) is 4.31. The van der Waals surface area contributed by atoms with E-state index in [1.165, 1.54) is 11.5 Å². The van der Waals surface area contributed by atoms with E-state index in [1.807, 2.05) is 25.1 Å². The Morgan fingerprint density at radius 3 is 2.71 bits per heavy atom. The van der Waals surface area contributed by atoms with Gasteiger partial charge in [-0.3, -0.25) is 0 Å². The summed E-state index contributed by atoms with van der Waals surface area (Å²) >= 11 is 1.27. The second-order valence-electron chi connectivity index (χ2n) is 4.19. The summed E-state index contributed by atoms with van der Waals surface area (Å²) in [5, 5.41) is 0.567. The Kier molecular flexibility index (Phi) is 3.28. The number of aromatic nitrogens is 2. The Morgan fingerprint density at radius 1 is 1.35 bits per heavy atom. The molecule has 1 aromatic heterocycles. The maximum absolute atomic E-state index is 5.75. The van der Waals surface area contributed by atoms with Gasteiger partial charge in [0.2, 0.25) is 0 Å². The van der Waals surface area contributed by atoms with Crippen LogP contribution >= 0.6 is 11.5 Å². The molecule has 0 aliphatic rings. The molecule has 0 bridgehead atoms. The van der Waals surface area contributed by atoms with Crippen molar-refractivity contribution in [2.45, 2.75) is 26.7 Å². The van der Waals surface area contributed by atoms with E-state index in [0.29, 0.717) is 11.1 Å². The zero-order valence-corrected chi connectivity index (χ0v) is 10.9. The van der Waals surface area contributed by atoms with Crippen molar-refractivity contribution in [1.29, 1.82) is 0 Å². The fourth-order valence-electron chi connectivity index (χ4n) is 1.31. The van der Waals surface area contributed by atoms with Crippen LogP contribution in [0.5, 0.6) is 10.9 Å². The molecule has 0 atom stereocenters. The zero-order chi connectivity index (χ0) is 12.4. The lowest BCUT2D eigenvalue weighted by molar-refractivity contribution is 0.476. The van der Waals surface area contributed by atoms with Crippen LogP contribution in [0.15, 0.2) is 18.2 Å². The highest BCUT2D eigenvalue weighted by molar-refractivity contribution is 7.07. The Labute approximate surface area is 105 Å². The molecule has 17 heavy (non-hydrogen) atoms. The smallest absolute Gasteiger partial charge is 0.298 e. The number of nitrogen functional groups attached to an aromatic ring is 1.